The lowest BCUT2D eigenvalue weighted by Crippen LogP contribution is -2.32. The van der Waals surface area contributed by atoms with Crippen LogP contribution in [-0.4, -0.2) is 50.1 Å². The summed E-state index contributed by atoms with van der Waals surface area (Å²) in [6, 6.07) is 7.65. The number of ether oxygens (including phenoxy) is 1. The van der Waals surface area contributed by atoms with E-state index in [4.69, 9.17) is 4.74 Å². The fraction of sp³-hybridized carbons (Fsp3) is 0.333. The molecular weight excluding hydrogens is 357 g/mol. The van der Waals surface area contributed by atoms with Crippen molar-refractivity contribution in [3.8, 4) is 16.3 Å². The van der Waals surface area contributed by atoms with Gasteiger partial charge >= 0.3 is 0 Å². The predicted octanol–water partition coefficient (Wildman–Crippen LogP) is 2.95. The van der Waals surface area contributed by atoms with Crippen molar-refractivity contribution < 1.29 is 9.53 Å². The average molecular weight is 378 g/mol. The number of carbonyl (C=O) groups excluding carboxylic acids is 1. The third kappa shape index (κ3) is 5.66. The molecule has 0 fully saturated rings. The van der Waals surface area contributed by atoms with Crippen LogP contribution in [-0.2, 0) is 0 Å². The van der Waals surface area contributed by atoms with Gasteiger partial charge in [-0.3, -0.25) is 4.79 Å². The van der Waals surface area contributed by atoms with E-state index in [0.29, 0.717) is 12.2 Å². The summed E-state index contributed by atoms with van der Waals surface area (Å²) < 4.78 is 5.13. The van der Waals surface area contributed by atoms with Crippen molar-refractivity contribution in [2.45, 2.75) is 0 Å². The minimum Gasteiger partial charge on any atom is -0.497 e. The summed E-state index contributed by atoms with van der Waals surface area (Å²) in [5.74, 6) is 0.750. The first-order valence-corrected chi connectivity index (χ1v) is 7.53. The summed E-state index contributed by atoms with van der Waals surface area (Å²) in [6.07, 6.45) is 0. The molecule has 2 aromatic rings. The zero-order valence-corrected chi connectivity index (χ0v) is 15.7. The highest BCUT2D eigenvalue weighted by Gasteiger charge is 2.15. The fourth-order valence-corrected chi connectivity index (χ4v) is 2.61. The topological polar surface area (TPSA) is 54.5 Å². The van der Waals surface area contributed by atoms with Crippen molar-refractivity contribution >= 4 is 42.1 Å². The van der Waals surface area contributed by atoms with Gasteiger partial charge in [-0.2, -0.15) is 0 Å². The molecule has 1 aromatic carbocycles. The Bertz CT molecular complexity index is 605. The van der Waals surface area contributed by atoms with Crippen molar-refractivity contribution in [3.63, 3.8) is 0 Å². The summed E-state index contributed by atoms with van der Waals surface area (Å²) in [6.45, 7) is 1.42. The van der Waals surface area contributed by atoms with Crippen LogP contribution in [0.25, 0.3) is 10.6 Å². The summed E-state index contributed by atoms with van der Waals surface area (Å²) in [5, 5.41) is 5.66. The summed E-state index contributed by atoms with van der Waals surface area (Å²) in [5.41, 5.74) is 1.47. The fourth-order valence-electron chi connectivity index (χ4n) is 1.81. The van der Waals surface area contributed by atoms with Gasteiger partial charge < -0.3 is 15.0 Å². The van der Waals surface area contributed by atoms with Gasteiger partial charge in [0.2, 0.25) is 0 Å². The number of nitrogens with zero attached hydrogens (tertiary/aromatic N) is 2. The zero-order valence-electron chi connectivity index (χ0n) is 13.2. The van der Waals surface area contributed by atoms with Gasteiger partial charge in [-0.05, 0) is 31.3 Å². The van der Waals surface area contributed by atoms with E-state index >= 15 is 0 Å². The van der Waals surface area contributed by atoms with Crippen LogP contribution < -0.4 is 10.1 Å². The molecule has 23 heavy (non-hydrogen) atoms. The molecule has 8 heteroatoms. The quantitative estimate of drug-likeness (QED) is 0.840. The van der Waals surface area contributed by atoms with Gasteiger partial charge in [0, 0.05) is 31.1 Å². The van der Waals surface area contributed by atoms with Crippen LogP contribution in [0.15, 0.2) is 29.6 Å². The Labute approximate surface area is 152 Å². The van der Waals surface area contributed by atoms with E-state index in [9.17, 15) is 4.79 Å². The van der Waals surface area contributed by atoms with Crippen LogP contribution in [0.5, 0.6) is 5.75 Å². The van der Waals surface area contributed by atoms with E-state index in [1.807, 2.05) is 31.3 Å². The smallest absolute Gasteiger partial charge is 0.273 e. The number of benzene rings is 1. The number of amides is 1. The third-order valence-electron chi connectivity index (χ3n) is 3.10. The molecule has 2 rings (SSSR count). The number of halogens is 2. The van der Waals surface area contributed by atoms with Gasteiger partial charge in [-0.25, -0.2) is 4.98 Å². The number of nitrogens with one attached hydrogen (secondary N) is 1. The number of methoxy groups -OCH3 is 1. The Hall–Kier alpha value is -1.34. The Morgan fingerprint density at radius 2 is 1.96 bits per heavy atom. The Morgan fingerprint density at radius 3 is 2.52 bits per heavy atom. The van der Waals surface area contributed by atoms with Crippen LogP contribution in [0.1, 0.15) is 10.5 Å². The highest BCUT2D eigenvalue weighted by Crippen LogP contribution is 2.26. The van der Waals surface area contributed by atoms with Crippen molar-refractivity contribution in [1.82, 2.24) is 15.2 Å². The number of rotatable bonds is 6. The van der Waals surface area contributed by atoms with Gasteiger partial charge in [0.25, 0.3) is 5.91 Å². The van der Waals surface area contributed by atoms with Gasteiger partial charge in [0.1, 0.15) is 16.5 Å². The molecule has 0 atom stereocenters. The van der Waals surface area contributed by atoms with Crippen LogP contribution in [0, 0.1) is 0 Å². The van der Waals surface area contributed by atoms with E-state index in [-0.39, 0.29) is 30.7 Å². The number of carbonyl (C=O) groups is 1. The lowest BCUT2D eigenvalue weighted by Gasteiger charge is -2.15. The lowest BCUT2D eigenvalue weighted by atomic mass is 10.2. The molecule has 0 unspecified atom stereocenters. The summed E-state index contributed by atoms with van der Waals surface area (Å²) >= 11 is 1.47. The zero-order chi connectivity index (χ0) is 15.2. The van der Waals surface area contributed by atoms with Crippen molar-refractivity contribution in [2.75, 3.05) is 34.3 Å². The Kier molecular flexibility index (Phi) is 9.83. The highest BCUT2D eigenvalue weighted by molar-refractivity contribution is 7.13. The molecular formula is C15H21Cl2N3O2S. The molecule has 0 bridgehead atoms. The molecule has 0 aliphatic carbocycles. The first kappa shape index (κ1) is 21.7. The van der Waals surface area contributed by atoms with Crippen LogP contribution >= 0.6 is 36.2 Å². The molecule has 128 valence electrons. The summed E-state index contributed by atoms with van der Waals surface area (Å²) in [4.78, 5) is 18.3. The van der Waals surface area contributed by atoms with Gasteiger partial charge in [0.05, 0.1) is 7.11 Å². The first-order valence-electron chi connectivity index (χ1n) is 6.65. The molecule has 0 radical (unpaired) electrons. The maximum absolute atomic E-state index is 12.2. The van der Waals surface area contributed by atoms with Gasteiger partial charge in [0.15, 0.2) is 0 Å². The maximum atomic E-state index is 12.2. The predicted molar refractivity (Wildman–Crippen MR) is 99.5 cm³/mol. The van der Waals surface area contributed by atoms with Gasteiger partial charge in [-0.15, -0.1) is 36.2 Å². The third-order valence-corrected chi connectivity index (χ3v) is 4.00. The van der Waals surface area contributed by atoms with E-state index in [2.05, 4.69) is 10.3 Å². The maximum Gasteiger partial charge on any atom is 0.273 e. The number of hydrogen-bond donors (Lipinski definition) is 1. The van der Waals surface area contributed by atoms with Crippen LogP contribution in [0.4, 0.5) is 0 Å². The van der Waals surface area contributed by atoms with E-state index in [0.717, 1.165) is 22.9 Å². The second-order valence-electron chi connectivity index (χ2n) is 4.60. The number of likely N-dealkylation sites (N-methyl/N-ethyl adjacent to an activating group) is 2. The molecule has 0 aliphatic rings. The largest absolute Gasteiger partial charge is 0.497 e. The molecule has 1 amide bonds. The average Bonchev–Trinajstić information content (AvgIpc) is 3.01. The van der Waals surface area contributed by atoms with Crippen molar-refractivity contribution in [1.29, 1.82) is 0 Å². The van der Waals surface area contributed by atoms with Crippen LogP contribution in [0.3, 0.4) is 0 Å². The molecule has 5 nitrogen and oxygen atoms in total. The molecule has 0 spiro atoms. The number of hydrogen-bond acceptors (Lipinski definition) is 5. The molecule has 1 aromatic heterocycles. The highest BCUT2D eigenvalue weighted by atomic mass is 35.5. The second-order valence-corrected chi connectivity index (χ2v) is 5.45. The standard InChI is InChI=1S/C15H19N3O2S.2ClH/c1-16-8-9-18(2)15(19)13-10-21-14(17-13)11-4-6-12(20-3)7-5-11;;/h4-7,10,16H,8-9H2,1-3H3;2*1H. The minimum atomic E-state index is -0.0544. The number of aromatic nitrogens is 1. The van der Waals surface area contributed by atoms with Crippen LogP contribution in [0.2, 0.25) is 0 Å². The van der Waals surface area contributed by atoms with E-state index in [1.165, 1.54) is 11.3 Å². The second kappa shape index (κ2) is 10.4. The Morgan fingerprint density at radius 1 is 1.30 bits per heavy atom. The molecule has 1 heterocycles. The Balaban J connectivity index is 0.00000242. The number of thiazole rings is 1. The molecule has 0 saturated heterocycles. The summed E-state index contributed by atoms with van der Waals surface area (Å²) in [7, 11) is 5.28. The minimum absolute atomic E-state index is 0. The van der Waals surface area contributed by atoms with E-state index < -0.39 is 0 Å². The normalized spacial score (nSPS) is 9.52. The monoisotopic (exact) mass is 377 g/mol. The van der Waals surface area contributed by atoms with Crippen molar-refractivity contribution in [3.05, 3.63) is 35.3 Å². The SMILES string of the molecule is CNCCN(C)C(=O)c1csc(-c2ccc(OC)cc2)n1.Cl.Cl. The van der Waals surface area contributed by atoms with Gasteiger partial charge in [-0.1, -0.05) is 0 Å². The molecule has 0 saturated carbocycles. The molecule has 1 N–H and O–H groups in total. The lowest BCUT2D eigenvalue weighted by molar-refractivity contribution is 0.0792. The first-order chi connectivity index (χ1) is 10.2. The molecule has 0 aliphatic heterocycles. The van der Waals surface area contributed by atoms with E-state index in [1.54, 1.807) is 24.4 Å². The van der Waals surface area contributed by atoms with Crippen molar-refractivity contribution in [2.24, 2.45) is 0 Å².